The van der Waals surface area contributed by atoms with E-state index in [9.17, 15) is 13.2 Å². The Balaban J connectivity index is 1.75. The van der Waals surface area contributed by atoms with Crippen molar-refractivity contribution in [3.05, 3.63) is 82.5 Å². The number of hydrogen-bond acceptors (Lipinski definition) is 3. The highest BCUT2D eigenvalue weighted by molar-refractivity contribution is 6.32. The SMILES string of the molecule is Cc1cc(OCc2cc(C(C)(F)F)nn2-c2ccccc2Cl)c2cc(F)ccc2n1. The second kappa shape index (κ2) is 7.65. The van der Waals surface area contributed by atoms with Crippen LogP contribution in [-0.4, -0.2) is 14.8 Å². The summed E-state index contributed by atoms with van der Waals surface area (Å²) >= 11 is 6.25. The van der Waals surface area contributed by atoms with Gasteiger partial charge in [0.15, 0.2) is 0 Å². The zero-order chi connectivity index (χ0) is 21.5. The zero-order valence-electron chi connectivity index (χ0n) is 16.2. The third-order valence-corrected chi connectivity index (χ3v) is 4.87. The second-order valence-corrected chi connectivity index (χ2v) is 7.39. The average molecular weight is 432 g/mol. The maximum atomic E-state index is 13.9. The normalized spacial score (nSPS) is 11.8. The monoisotopic (exact) mass is 431 g/mol. The van der Waals surface area contributed by atoms with Gasteiger partial charge in [0, 0.05) is 24.1 Å². The van der Waals surface area contributed by atoms with Crippen molar-refractivity contribution in [2.24, 2.45) is 0 Å². The molecule has 0 amide bonds. The summed E-state index contributed by atoms with van der Waals surface area (Å²) in [5.74, 6) is -3.16. The van der Waals surface area contributed by atoms with Gasteiger partial charge in [-0.15, -0.1) is 0 Å². The van der Waals surface area contributed by atoms with E-state index in [1.807, 2.05) is 0 Å². The number of halogens is 4. The Hall–Kier alpha value is -3.06. The van der Waals surface area contributed by atoms with Crippen molar-refractivity contribution in [3.8, 4) is 11.4 Å². The highest BCUT2D eigenvalue weighted by atomic mass is 35.5. The van der Waals surface area contributed by atoms with Gasteiger partial charge in [0.1, 0.15) is 23.9 Å². The summed E-state index contributed by atoms with van der Waals surface area (Å²) in [7, 11) is 0. The number of pyridine rings is 1. The highest BCUT2D eigenvalue weighted by Crippen LogP contribution is 2.31. The number of benzene rings is 2. The summed E-state index contributed by atoms with van der Waals surface area (Å²) in [4.78, 5) is 4.36. The summed E-state index contributed by atoms with van der Waals surface area (Å²) in [6, 6.07) is 14.0. The van der Waals surface area contributed by atoms with E-state index < -0.39 is 17.4 Å². The molecule has 0 bridgehead atoms. The fourth-order valence-electron chi connectivity index (χ4n) is 3.13. The molecule has 0 aliphatic rings. The lowest BCUT2D eigenvalue weighted by Gasteiger charge is -2.12. The number of fused-ring (bicyclic) bond motifs is 1. The fraction of sp³-hybridized carbons (Fsp3) is 0.182. The summed E-state index contributed by atoms with van der Waals surface area (Å²) in [5, 5.41) is 4.90. The van der Waals surface area contributed by atoms with Gasteiger partial charge in [-0.25, -0.2) is 9.07 Å². The van der Waals surface area contributed by atoms with Crippen LogP contribution in [0.15, 0.2) is 54.6 Å². The first-order valence-corrected chi connectivity index (χ1v) is 9.52. The molecule has 0 aliphatic carbocycles. The first-order chi connectivity index (χ1) is 14.2. The van der Waals surface area contributed by atoms with Crippen molar-refractivity contribution in [1.82, 2.24) is 14.8 Å². The van der Waals surface area contributed by atoms with Crippen molar-refractivity contribution >= 4 is 22.5 Å². The third-order valence-electron chi connectivity index (χ3n) is 4.55. The van der Waals surface area contributed by atoms with Crippen LogP contribution in [0.5, 0.6) is 5.75 Å². The molecule has 2 heterocycles. The summed E-state index contributed by atoms with van der Waals surface area (Å²) < 4.78 is 48.9. The number of aromatic nitrogens is 3. The molecule has 0 spiro atoms. The van der Waals surface area contributed by atoms with E-state index in [-0.39, 0.29) is 6.61 Å². The first-order valence-electron chi connectivity index (χ1n) is 9.14. The Morgan fingerprint density at radius 2 is 1.87 bits per heavy atom. The minimum atomic E-state index is -3.13. The number of alkyl halides is 2. The lowest BCUT2D eigenvalue weighted by molar-refractivity contribution is 0.0124. The van der Waals surface area contributed by atoms with E-state index >= 15 is 0 Å². The molecule has 30 heavy (non-hydrogen) atoms. The molecule has 4 aromatic rings. The number of nitrogens with zero attached hydrogens (tertiary/aromatic N) is 3. The predicted octanol–water partition coefficient (Wildman–Crippen LogP) is 6.21. The molecule has 0 radical (unpaired) electrons. The van der Waals surface area contributed by atoms with Gasteiger partial charge >= 0.3 is 0 Å². The van der Waals surface area contributed by atoms with Gasteiger partial charge < -0.3 is 4.74 Å². The van der Waals surface area contributed by atoms with E-state index in [1.165, 1.54) is 22.9 Å². The van der Waals surface area contributed by atoms with Gasteiger partial charge in [0.25, 0.3) is 5.92 Å². The van der Waals surface area contributed by atoms with E-state index in [1.54, 1.807) is 43.3 Å². The predicted molar refractivity (Wildman–Crippen MR) is 109 cm³/mol. The molecule has 2 aromatic carbocycles. The lowest BCUT2D eigenvalue weighted by Crippen LogP contribution is -2.10. The van der Waals surface area contributed by atoms with Gasteiger partial charge in [-0.3, -0.25) is 4.98 Å². The van der Waals surface area contributed by atoms with Crippen LogP contribution in [0.1, 0.15) is 24.0 Å². The van der Waals surface area contributed by atoms with Crippen molar-refractivity contribution in [3.63, 3.8) is 0 Å². The maximum absolute atomic E-state index is 13.9. The molecule has 0 fully saturated rings. The quantitative estimate of drug-likeness (QED) is 0.377. The summed E-state index contributed by atoms with van der Waals surface area (Å²) in [5.41, 5.74) is 1.69. The van der Waals surface area contributed by atoms with Crippen molar-refractivity contribution < 1.29 is 17.9 Å². The minimum Gasteiger partial charge on any atom is -0.487 e. The van der Waals surface area contributed by atoms with Crippen LogP contribution in [0.4, 0.5) is 13.2 Å². The Kier molecular flexibility index (Phi) is 5.15. The molecule has 2 aromatic heterocycles. The van der Waals surface area contributed by atoms with Gasteiger partial charge in [0.05, 0.1) is 21.9 Å². The molecule has 0 N–H and O–H groups in total. The number of para-hydroxylation sites is 1. The fourth-order valence-corrected chi connectivity index (χ4v) is 3.35. The molecular weight excluding hydrogens is 415 g/mol. The smallest absolute Gasteiger partial charge is 0.288 e. The molecule has 4 nitrogen and oxygen atoms in total. The molecular formula is C22H17ClF3N3O. The van der Waals surface area contributed by atoms with E-state index in [4.69, 9.17) is 16.3 Å². The highest BCUT2D eigenvalue weighted by Gasteiger charge is 2.30. The van der Waals surface area contributed by atoms with Crippen LogP contribution >= 0.6 is 11.6 Å². The number of hydrogen-bond donors (Lipinski definition) is 0. The molecule has 0 saturated carbocycles. The van der Waals surface area contributed by atoms with Crippen LogP contribution in [0, 0.1) is 12.7 Å². The molecule has 0 aliphatic heterocycles. The Morgan fingerprint density at radius 3 is 2.60 bits per heavy atom. The Morgan fingerprint density at radius 1 is 1.10 bits per heavy atom. The van der Waals surface area contributed by atoms with E-state index in [0.717, 1.165) is 6.92 Å². The van der Waals surface area contributed by atoms with Crippen LogP contribution in [0.3, 0.4) is 0 Å². The lowest BCUT2D eigenvalue weighted by atomic mass is 10.2. The van der Waals surface area contributed by atoms with E-state index in [0.29, 0.717) is 38.8 Å². The second-order valence-electron chi connectivity index (χ2n) is 6.98. The Bertz CT molecular complexity index is 1230. The van der Waals surface area contributed by atoms with Gasteiger partial charge in [-0.05, 0) is 43.3 Å². The molecule has 0 saturated heterocycles. The van der Waals surface area contributed by atoms with E-state index in [2.05, 4.69) is 10.1 Å². The van der Waals surface area contributed by atoms with Gasteiger partial charge in [-0.2, -0.15) is 13.9 Å². The van der Waals surface area contributed by atoms with Crippen molar-refractivity contribution in [2.45, 2.75) is 26.4 Å². The topological polar surface area (TPSA) is 39.9 Å². The standard InChI is InChI=1S/C22H17ClF3N3O/c1-13-9-20(16-10-14(24)7-8-18(16)27-13)30-12-15-11-21(22(2,25)26)28-29(15)19-6-4-3-5-17(19)23/h3-11H,12H2,1-2H3. The number of ether oxygens (including phenoxy) is 1. The first kappa shape index (κ1) is 20.2. The third kappa shape index (κ3) is 3.98. The molecule has 8 heteroatoms. The molecule has 0 unspecified atom stereocenters. The number of aryl methyl sites for hydroxylation is 1. The van der Waals surface area contributed by atoms with Crippen LogP contribution in [0.2, 0.25) is 5.02 Å². The van der Waals surface area contributed by atoms with Crippen molar-refractivity contribution in [2.75, 3.05) is 0 Å². The summed E-state index contributed by atoms with van der Waals surface area (Å²) in [6.07, 6.45) is 0. The molecule has 154 valence electrons. The largest absolute Gasteiger partial charge is 0.487 e. The van der Waals surface area contributed by atoms with Crippen LogP contribution in [0.25, 0.3) is 16.6 Å². The van der Waals surface area contributed by atoms with Crippen molar-refractivity contribution in [1.29, 1.82) is 0 Å². The maximum Gasteiger partial charge on any atom is 0.288 e. The van der Waals surface area contributed by atoms with Crippen LogP contribution in [-0.2, 0) is 12.5 Å². The zero-order valence-corrected chi connectivity index (χ0v) is 16.9. The summed E-state index contributed by atoms with van der Waals surface area (Å²) in [6.45, 7) is 2.49. The number of rotatable bonds is 5. The minimum absolute atomic E-state index is 0.0800. The Labute approximate surface area is 175 Å². The van der Waals surface area contributed by atoms with Crippen LogP contribution < -0.4 is 4.74 Å². The molecule has 4 rings (SSSR count). The molecule has 0 atom stereocenters. The van der Waals surface area contributed by atoms with Gasteiger partial charge in [0.2, 0.25) is 0 Å². The van der Waals surface area contributed by atoms with Gasteiger partial charge in [-0.1, -0.05) is 23.7 Å². The average Bonchev–Trinajstić information content (AvgIpc) is 3.11.